The summed E-state index contributed by atoms with van der Waals surface area (Å²) in [5, 5.41) is 0. The van der Waals surface area contributed by atoms with E-state index in [-0.39, 0.29) is 0 Å². The van der Waals surface area contributed by atoms with Crippen molar-refractivity contribution in [2.75, 3.05) is 34.5 Å². The van der Waals surface area contributed by atoms with E-state index < -0.39 is 10.0 Å². The highest BCUT2D eigenvalue weighted by atomic mass is 32.2. The molecule has 4 aromatic rings. The number of hydrogen-bond acceptors (Lipinski definition) is 6. The summed E-state index contributed by atoms with van der Waals surface area (Å²) in [6.07, 6.45) is 3.22. The number of anilines is 2. The van der Waals surface area contributed by atoms with Gasteiger partial charge in [0.15, 0.2) is 0 Å². The Kier molecular flexibility index (Phi) is 9.79. The van der Waals surface area contributed by atoms with Crippen LogP contribution in [0.2, 0.25) is 0 Å². The average Bonchev–Trinajstić information content (AvgIpc) is 2.91. The molecule has 6 nitrogen and oxygen atoms in total. The number of benzene rings is 4. The minimum atomic E-state index is -3.39. The molecule has 0 heterocycles. The van der Waals surface area contributed by atoms with Crippen molar-refractivity contribution < 1.29 is 17.9 Å². The number of nitrogens with one attached hydrogen (secondary N) is 1. The summed E-state index contributed by atoms with van der Waals surface area (Å²) < 4.78 is 38.3. The summed E-state index contributed by atoms with van der Waals surface area (Å²) in [5.74, 6) is 3.19. The lowest BCUT2D eigenvalue weighted by molar-refractivity contribution is 0.342. The van der Waals surface area contributed by atoms with Crippen LogP contribution in [0.3, 0.4) is 0 Å². The summed E-state index contributed by atoms with van der Waals surface area (Å²) in [6, 6.07) is 31.6. The molecule has 8 heteroatoms. The largest absolute Gasteiger partial charge is 0.493 e. The third-order valence-corrected chi connectivity index (χ3v) is 7.22. The van der Waals surface area contributed by atoms with Crippen LogP contribution in [-0.4, -0.2) is 33.3 Å². The second kappa shape index (κ2) is 13.4. The van der Waals surface area contributed by atoms with Gasteiger partial charge in [0.05, 0.1) is 18.6 Å². The van der Waals surface area contributed by atoms with Crippen LogP contribution in [0.25, 0.3) is 0 Å². The average molecular weight is 563 g/mol. The number of rotatable bonds is 13. The van der Waals surface area contributed by atoms with Crippen molar-refractivity contribution in [3.05, 3.63) is 114 Å². The van der Waals surface area contributed by atoms with Crippen molar-refractivity contribution in [2.45, 2.75) is 20.0 Å². The van der Waals surface area contributed by atoms with E-state index in [9.17, 15) is 8.42 Å². The smallest absolute Gasteiger partial charge is 0.229 e. The van der Waals surface area contributed by atoms with E-state index in [1.54, 1.807) is 17.8 Å². The fraction of sp³-hybridized carbons (Fsp3) is 0.226. The number of ether oxygens (including phenoxy) is 2. The van der Waals surface area contributed by atoms with E-state index in [4.69, 9.17) is 9.47 Å². The minimum absolute atomic E-state index is 0.580. The lowest BCUT2D eigenvalue weighted by Crippen LogP contribution is -2.23. The van der Waals surface area contributed by atoms with Gasteiger partial charge >= 0.3 is 0 Å². The molecule has 0 aromatic heterocycles. The van der Waals surface area contributed by atoms with Crippen LogP contribution in [0.15, 0.2) is 97.1 Å². The molecule has 1 N–H and O–H groups in total. The molecule has 0 spiro atoms. The van der Waals surface area contributed by atoms with Crippen molar-refractivity contribution >= 4 is 33.2 Å². The lowest BCUT2D eigenvalue weighted by Gasteiger charge is -2.28. The Balaban J connectivity index is 1.53. The van der Waals surface area contributed by atoms with E-state index in [0.717, 1.165) is 45.4 Å². The predicted octanol–water partition coefficient (Wildman–Crippen LogP) is 7.11. The molecule has 0 saturated carbocycles. The van der Waals surface area contributed by atoms with Crippen molar-refractivity contribution in [3.8, 4) is 17.2 Å². The fourth-order valence-corrected chi connectivity index (χ4v) is 5.07. The van der Waals surface area contributed by atoms with Crippen LogP contribution in [0.4, 0.5) is 11.4 Å². The van der Waals surface area contributed by atoms with E-state index >= 15 is 0 Å². The third-order valence-electron chi connectivity index (χ3n) is 6.05. The molecule has 4 aromatic carbocycles. The van der Waals surface area contributed by atoms with Gasteiger partial charge in [-0.3, -0.25) is 4.72 Å². The molecule has 0 unspecified atom stereocenters. The standard InChI is InChI=1S/C31H34N2O4S2/c1-24-30(32-39(3,34)35)13-8-14-31(24)33(22-25-9-5-4-6-10-25)23-26-15-17-27(18-16-26)37-29-12-7-11-28(21-29)36-19-20-38-2/h4-18,21,32H,19-20,22-23H2,1-3H3. The predicted molar refractivity (Wildman–Crippen MR) is 163 cm³/mol. The summed E-state index contributed by atoms with van der Waals surface area (Å²) in [4.78, 5) is 2.25. The third kappa shape index (κ3) is 8.70. The van der Waals surface area contributed by atoms with Gasteiger partial charge in [-0.25, -0.2) is 8.42 Å². The van der Waals surface area contributed by atoms with Crippen molar-refractivity contribution in [1.29, 1.82) is 0 Å². The Bertz CT molecular complexity index is 1460. The Morgan fingerprint density at radius 1 is 0.795 bits per heavy atom. The van der Waals surface area contributed by atoms with Crippen LogP contribution in [0.1, 0.15) is 16.7 Å². The van der Waals surface area contributed by atoms with Gasteiger partial charge < -0.3 is 14.4 Å². The molecule has 204 valence electrons. The first-order valence-corrected chi connectivity index (χ1v) is 15.9. The number of hydrogen-bond donors (Lipinski definition) is 1. The first-order valence-electron chi connectivity index (χ1n) is 12.7. The molecule has 0 aliphatic carbocycles. The Morgan fingerprint density at radius 3 is 2.15 bits per heavy atom. The molecule has 0 amide bonds. The fourth-order valence-electron chi connectivity index (χ4n) is 4.20. The highest BCUT2D eigenvalue weighted by molar-refractivity contribution is 7.98. The lowest BCUT2D eigenvalue weighted by atomic mass is 10.1. The zero-order valence-electron chi connectivity index (χ0n) is 22.5. The maximum atomic E-state index is 11.9. The maximum Gasteiger partial charge on any atom is 0.229 e. The molecule has 0 aliphatic rings. The molecule has 0 fully saturated rings. The quantitative estimate of drug-likeness (QED) is 0.175. The molecular weight excluding hydrogens is 528 g/mol. The van der Waals surface area contributed by atoms with Crippen molar-refractivity contribution in [2.24, 2.45) is 0 Å². The van der Waals surface area contributed by atoms with Gasteiger partial charge in [0.25, 0.3) is 0 Å². The highest BCUT2D eigenvalue weighted by Gasteiger charge is 2.15. The molecule has 0 radical (unpaired) electrons. The molecule has 0 atom stereocenters. The summed E-state index contributed by atoms with van der Waals surface area (Å²) in [6.45, 7) is 3.91. The Morgan fingerprint density at radius 2 is 1.46 bits per heavy atom. The highest BCUT2D eigenvalue weighted by Crippen LogP contribution is 2.31. The van der Waals surface area contributed by atoms with Gasteiger partial charge in [-0.15, -0.1) is 0 Å². The van der Waals surface area contributed by atoms with Crippen LogP contribution in [0.5, 0.6) is 17.2 Å². The van der Waals surface area contributed by atoms with Crippen LogP contribution < -0.4 is 19.1 Å². The van der Waals surface area contributed by atoms with E-state index in [1.165, 1.54) is 6.26 Å². The molecule has 0 aliphatic heterocycles. The monoisotopic (exact) mass is 562 g/mol. The van der Waals surface area contributed by atoms with E-state index in [1.807, 2.05) is 73.7 Å². The molecule has 0 saturated heterocycles. The minimum Gasteiger partial charge on any atom is -0.493 e. The Hall–Kier alpha value is -3.62. The van der Waals surface area contributed by atoms with Gasteiger partial charge in [-0.05, 0) is 66.3 Å². The zero-order valence-corrected chi connectivity index (χ0v) is 24.1. The SMILES string of the molecule is CSCCOc1cccc(Oc2ccc(CN(Cc3ccccc3)c3cccc(NS(C)(=O)=O)c3C)cc2)c1. The van der Waals surface area contributed by atoms with Gasteiger partial charge in [-0.2, -0.15) is 11.8 Å². The van der Waals surface area contributed by atoms with Crippen LogP contribution in [-0.2, 0) is 23.1 Å². The van der Waals surface area contributed by atoms with E-state index in [2.05, 4.69) is 40.1 Å². The summed E-state index contributed by atoms with van der Waals surface area (Å²) >= 11 is 1.75. The van der Waals surface area contributed by atoms with Crippen LogP contribution in [0, 0.1) is 6.92 Å². The Labute approximate surface area is 236 Å². The van der Waals surface area contributed by atoms with Crippen molar-refractivity contribution in [1.82, 2.24) is 0 Å². The normalized spacial score (nSPS) is 11.2. The van der Waals surface area contributed by atoms with Gasteiger partial charge in [0.1, 0.15) is 17.2 Å². The topological polar surface area (TPSA) is 67.9 Å². The second-order valence-electron chi connectivity index (χ2n) is 9.23. The second-order valence-corrected chi connectivity index (χ2v) is 12.0. The zero-order chi connectivity index (χ0) is 27.7. The summed E-state index contributed by atoms with van der Waals surface area (Å²) in [7, 11) is -3.39. The molecule has 0 bridgehead atoms. The van der Waals surface area contributed by atoms with Gasteiger partial charge in [-0.1, -0.05) is 54.6 Å². The van der Waals surface area contributed by atoms with E-state index in [0.29, 0.717) is 25.4 Å². The molecular formula is C31H34N2O4S2. The molecule has 4 rings (SSSR count). The van der Waals surface area contributed by atoms with Crippen LogP contribution >= 0.6 is 11.8 Å². The first-order chi connectivity index (χ1) is 18.8. The first kappa shape index (κ1) is 28.4. The number of nitrogens with zero attached hydrogens (tertiary/aromatic N) is 1. The maximum absolute atomic E-state index is 11.9. The number of thioether (sulfide) groups is 1. The number of sulfonamides is 1. The van der Waals surface area contributed by atoms with Crippen molar-refractivity contribution in [3.63, 3.8) is 0 Å². The van der Waals surface area contributed by atoms with Gasteiger partial charge in [0.2, 0.25) is 10.0 Å². The molecule has 39 heavy (non-hydrogen) atoms. The van der Waals surface area contributed by atoms with Gasteiger partial charge in [0, 0.05) is 30.6 Å². The summed E-state index contributed by atoms with van der Waals surface area (Å²) in [5.41, 5.74) is 4.69.